The molecule has 0 aliphatic carbocycles. The fourth-order valence-corrected chi connectivity index (χ4v) is 2.38. The van der Waals surface area contributed by atoms with Gasteiger partial charge in [0.25, 0.3) is 0 Å². The molecular formula is C15H20N2O3. The van der Waals surface area contributed by atoms with Gasteiger partial charge in [-0.05, 0) is 30.9 Å². The lowest BCUT2D eigenvalue weighted by Crippen LogP contribution is -2.55. The first-order chi connectivity index (χ1) is 9.48. The number of carbonyl (C=O) groups is 2. The first-order valence-corrected chi connectivity index (χ1v) is 6.84. The van der Waals surface area contributed by atoms with E-state index < -0.39 is 17.6 Å². The average Bonchev–Trinajstić information content (AvgIpc) is 2.46. The van der Waals surface area contributed by atoms with Crippen molar-refractivity contribution in [1.82, 2.24) is 10.6 Å². The lowest BCUT2D eigenvalue weighted by molar-refractivity contribution is -0.147. The predicted molar refractivity (Wildman–Crippen MR) is 75.4 cm³/mol. The summed E-state index contributed by atoms with van der Waals surface area (Å²) in [5.74, 6) is -1.30. The Bertz CT molecular complexity index is 530. The van der Waals surface area contributed by atoms with Crippen LogP contribution in [0, 0.1) is 0 Å². The second-order valence-electron chi connectivity index (χ2n) is 5.32. The van der Waals surface area contributed by atoms with E-state index in [1.165, 1.54) is 6.92 Å². The zero-order valence-corrected chi connectivity index (χ0v) is 11.8. The lowest BCUT2D eigenvalue weighted by atomic mass is 9.92. The highest BCUT2D eigenvalue weighted by atomic mass is 16.4. The molecule has 20 heavy (non-hydrogen) atoms. The third kappa shape index (κ3) is 2.67. The van der Waals surface area contributed by atoms with E-state index >= 15 is 0 Å². The lowest BCUT2D eigenvalue weighted by Gasteiger charge is -2.30. The summed E-state index contributed by atoms with van der Waals surface area (Å²) in [5, 5.41) is 15.0. The maximum absolute atomic E-state index is 12.4. The van der Waals surface area contributed by atoms with Crippen molar-refractivity contribution in [3.05, 3.63) is 35.4 Å². The van der Waals surface area contributed by atoms with Gasteiger partial charge in [-0.3, -0.25) is 4.79 Å². The number of hydrogen-bond acceptors (Lipinski definition) is 3. The average molecular weight is 276 g/mol. The van der Waals surface area contributed by atoms with E-state index in [1.54, 1.807) is 6.92 Å². The van der Waals surface area contributed by atoms with E-state index in [1.807, 2.05) is 24.3 Å². The third-order valence-corrected chi connectivity index (χ3v) is 3.95. The molecular weight excluding hydrogens is 256 g/mol. The van der Waals surface area contributed by atoms with Gasteiger partial charge in [0.05, 0.1) is 0 Å². The molecule has 1 aromatic rings. The van der Waals surface area contributed by atoms with Gasteiger partial charge in [-0.15, -0.1) is 0 Å². The molecule has 5 heteroatoms. The fourth-order valence-electron chi connectivity index (χ4n) is 2.38. The summed E-state index contributed by atoms with van der Waals surface area (Å²) in [4.78, 5) is 23.7. The Hall–Kier alpha value is -1.88. The minimum atomic E-state index is -1.23. The van der Waals surface area contributed by atoms with Crippen molar-refractivity contribution in [2.24, 2.45) is 0 Å². The van der Waals surface area contributed by atoms with E-state index in [-0.39, 0.29) is 5.91 Å². The summed E-state index contributed by atoms with van der Waals surface area (Å²) in [7, 11) is 0. The Kier molecular flexibility index (Phi) is 4.09. The van der Waals surface area contributed by atoms with E-state index in [4.69, 9.17) is 0 Å². The Morgan fingerprint density at radius 2 is 2.15 bits per heavy atom. The van der Waals surface area contributed by atoms with E-state index in [0.29, 0.717) is 13.0 Å². The fraction of sp³-hybridized carbons (Fsp3) is 0.467. The van der Waals surface area contributed by atoms with Crippen LogP contribution in [-0.2, 0) is 16.0 Å². The van der Waals surface area contributed by atoms with Gasteiger partial charge >= 0.3 is 5.97 Å². The number of fused-ring (bicyclic) bond motifs is 1. The molecule has 1 aromatic carbocycles. The maximum atomic E-state index is 12.4. The van der Waals surface area contributed by atoms with Crippen molar-refractivity contribution in [1.29, 1.82) is 0 Å². The van der Waals surface area contributed by atoms with Gasteiger partial charge in [0.15, 0.2) is 0 Å². The number of carbonyl (C=O) groups excluding carboxylic acids is 1. The Balaban J connectivity index is 2.21. The molecule has 0 saturated carbocycles. The molecule has 0 aromatic heterocycles. The van der Waals surface area contributed by atoms with Crippen molar-refractivity contribution < 1.29 is 14.7 Å². The van der Waals surface area contributed by atoms with E-state index in [2.05, 4.69) is 10.6 Å². The first kappa shape index (κ1) is 14.5. The molecule has 0 spiro atoms. The van der Waals surface area contributed by atoms with Gasteiger partial charge in [0.2, 0.25) is 5.91 Å². The Labute approximate surface area is 118 Å². The number of nitrogens with one attached hydrogen (secondary N) is 2. The summed E-state index contributed by atoms with van der Waals surface area (Å²) in [6, 6.07) is 7.28. The minimum absolute atomic E-state index is 0.288. The van der Waals surface area contributed by atoms with Gasteiger partial charge in [-0.1, -0.05) is 31.2 Å². The number of benzene rings is 1. The third-order valence-electron chi connectivity index (χ3n) is 3.95. The SMILES string of the molecule is CCC(C)(NC(=O)C1NCCc2ccccc21)C(=O)O. The number of hydrogen-bond donors (Lipinski definition) is 3. The molecule has 1 amide bonds. The van der Waals surface area contributed by atoms with Crippen LogP contribution in [-0.4, -0.2) is 29.1 Å². The number of carboxylic acid groups (broad SMARTS) is 1. The van der Waals surface area contributed by atoms with Crippen molar-refractivity contribution in [2.75, 3.05) is 6.54 Å². The molecule has 1 aliphatic heterocycles. The van der Waals surface area contributed by atoms with E-state index in [9.17, 15) is 14.7 Å². The quantitative estimate of drug-likeness (QED) is 0.773. The number of carboxylic acids is 1. The van der Waals surface area contributed by atoms with Gasteiger partial charge in [-0.2, -0.15) is 0 Å². The highest BCUT2D eigenvalue weighted by Gasteiger charge is 2.36. The molecule has 0 fully saturated rings. The highest BCUT2D eigenvalue weighted by molar-refractivity contribution is 5.90. The maximum Gasteiger partial charge on any atom is 0.329 e. The van der Waals surface area contributed by atoms with Crippen molar-refractivity contribution in [2.45, 2.75) is 38.3 Å². The van der Waals surface area contributed by atoms with Crippen LogP contribution in [0.1, 0.15) is 37.4 Å². The van der Waals surface area contributed by atoms with Crippen LogP contribution in [0.2, 0.25) is 0 Å². The predicted octanol–water partition coefficient (Wildman–Crippen LogP) is 1.24. The summed E-state index contributed by atoms with van der Waals surface area (Å²) < 4.78 is 0. The highest BCUT2D eigenvalue weighted by Crippen LogP contribution is 2.23. The van der Waals surface area contributed by atoms with Crippen LogP contribution < -0.4 is 10.6 Å². The molecule has 0 radical (unpaired) electrons. The zero-order chi connectivity index (χ0) is 14.8. The molecule has 0 saturated heterocycles. The smallest absolute Gasteiger partial charge is 0.329 e. The summed E-state index contributed by atoms with van der Waals surface area (Å²) in [5.41, 5.74) is 0.838. The first-order valence-electron chi connectivity index (χ1n) is 6.84. The molecule has 108 valence electrons. The largest absolute Gasteiger partial charge is 0.480 e. The van der Waals surface area contributed by atoms with Crippen molar-refractivity contribution >= 4 is 11.9 Å². The van der Waals surface area contributed by atoms with Crippen LogP contribution in [0.25, 0.3) is 0 Å². The van der Waals surface area contributed by atoms with Crippen LogP contribution in [0.15, 0.2) is 24.3 Å². The zero-order valence-electron chi connectivity index (χ0n) is 11.8. The van der Waals surface area contributed by atoms with Crippen molar-refractivity contribution in [3.8, 4) is 0 Å². The Morgan fingerprint density at radius 1 is 1.45 bits per heavy atom. The second kappa shape index (κ2) is 5.63. The van der Waals surface area contributed by atoms with Crippen LogP contribution in [0.5, 0.6) is 0 Å². The number of rotatable bonds is 4. The molecule has 2 rings (SSSR count). The standard InChI is InChI=1S/C15H20N2O3/c1-3-15(2,14(19)20)17-13(18)12-11-7-5-4-6-10(11)8-9-16-12/h4-7,12,16H,3,8-9H2,1-2H3,(H,17,18)(H,19,20). The molecule has 2 unspecified atom stereocenters. The monoisotopic (exact) mass is 276 g/mol. The molecule has 2 atom stereocenters. The normalized spacial score (nSPS) is 20.6. The van der Waals surface area contributed by atoms with Gasteiger partial charge in [-0.25, -0.2) is 4.79 Å². The van der Waals surface area contributed by atoms with E-state index in [0.717, 1.165) is 17.5 Å². The summed E-state index contributed by atoms with van der Waals surface area (Å²) in [6.45, 7) is 3.99. The number of amides is 1. The molecule has 0 bridgehead atoms. The summed E-state index contributed by atoms with van der Waals surface area (Å²) in [6.07, 6.45) is 1.21. The topological polar surface area (TPSA) is 78.4 Å². The van der Waals surface area contributed by atoms with Gasteiger partial charge in [0.1, 0.15) is 11.6 Å². The number of aliphatic carboxylic acids is 1. The molecule has 1 aliphatic rings. The minimum Gasteiger partial charge on any atom is -0.480 e. The van der Waals surface area contributed by atoms with Crippen LogP contribution >= 0.6 is 0 Å². The van der Waals surface area contributed by atoms with Crippen molar-refractivity contribution in [3.63, 3.8) is 0 Å². The molecule has 1 heterocycles. The van der Waals surface area contributed by atoms with Gasteiger partial charge < -0.3 is 15.7 Å². The molecule has 5 nitrogen and oxygen atoms in total. The Morgan fingerprint density at radius 3 is 2.80 bits per heavy atom. The molecule has 3 N–H and O–H groups in total. The summed E-state index contributed by atoms with van der Waals surface area (Å²) >= 11 is 0. The van der Waals surface area contributed by atoms with Gasteiger partial charge in [0, 0.05) is 6.54 Å². The van der Waals surface area contributed by atoms with Crippen LogP contribution in [0.4, 0.5) is 0 Å². The van der Waals surface area contributed by atoms with Crippen LogP contribution in [0.3, 0.4) is 0 Å². The second-order valence-corrected chi connectivity index (χ2v) is 5.32.